The Kier molecular flexibility index (Phi) is 6.44. The quantitative estimate of drug-likeness (QED) is 0.541. The van der Waals surface area contributed by atoms with Crippen LogP contribution in [-0.2, 0) is 15.5 Å². The van der Waals surface area contributed by atoms with Gasteiger partial charge in [-0.15, -0.1) is 0 Å². The molecule has 1 aromatic rings. The van der Waals surface area contributed by atoms with Crippen LogP contribution < -0.4 is 5.32 Å². The second-order valence-electron chi connectivity index (χ2n) is 4.09. The standard InChI is InChI=1S/C13H15F2NO3S/c14-13(15,10-4-2-1-3-5-10)8-20-7-6-11(12(18)19)16-9-17/h1-5,9,11H,6-8H2,(H,16,17)(H,18,19). The zero-order valence-corrected chi connectivity index (χ0v) is 11.4. The van der Waals surface area contributed by atoms with Crippen LogP contribution >= 0.6 is 11.8 Å². The van der Waals surface area contributed by atoms with Crippen molar-refractivity contribution in [3.05, 3.63) is 35.9 Å². The number of nitrogens with one attached hydrogen (secondary N) is 1. The number of hydrogen-bond donors (Lipinski definition) is 2. The number of aliphatic carboxylic acids is 1. The fraction of sp³-hybridized carbons (Fsp3) is 0.385. The monoisotopic (exact) mass is 303 g/mol. The molecule has 1 unspecified atom stereocenters. The fourth-order valence-electron chi connectivity index (χ4n) is 1.53. The Hall–Kier alpha value is -1.63. The Labute approximate surface area is 119 Å². The van der Waals surface area contributed by atoms with E-state index in [0.29, 0.717) is 6.41 Å². The molecule has 1 atom stereocenters. The number of hydrogen-bond acceptors (Lipinski definition) is 3. The van der Waals surface area contributed by atoms with Gasteiger partial charge in [0.2, 0.25) is 6.41 Å². The van der Waals surface area contributed by atoms with E-state index in [0.717, 1.165) is 11.8 Å². The molecule has 20 heavy (non-hydrogen) atoms. The van der Waals surface area contributed by atoms with Crippen molar-refractivity contribution in [3.63, 3.8) is 0 Å². The van der Waals surface area contributed by atoms with Crippen LogP contribution in [0.5, 0.6) is 0 Å². The third kappa shape index (κ3) is 5.16. The highest BCUT2D eigenvalue weighted by atomic mass is 32.2. The van der Waals surface area contributed by atoms with E-state index in [1.54, 1.807) is 18.2 Å². The summed E-state index contributed by atoms with van der Waals surface area (Å²) in [5.41, 5.74) is -0.0618. The zero-order valence-electron chi connectivity index (χ0n) is 10.6. The molecule has 1 aromatic carbocycles. The molecule has 2 N–H and O–H groups in total. The van der Waals surface area contributed by atoms with Gasteiger partial charge in [-0.3, -0.25) is 4.79 Å². The number of halogens is 2. The minimum atomic E-state index is -2.96. The van der Waals surface area contributed by atoms with Crippen molar-refractivity contribution in [2.24, 2.45) is 0 Å². The van der Waals surface area contributed by atoms with Gasteiger partial charge in [0.15, 0.2) is 0 Å². The fourth-order valence-corrected chi connectivity index (χ4v) is 2.50. The molecule has 0 saturated heterocycles. The number of carbonyl (C=O) groups is 2. The van der Waals surface area contributed by atoms with Gasteiger partial charge in [0, 0.05) is 5.56 Å². The predicted molar refractivity (Wildman–Crippen MR) is 72.9 cm³/mol. The highest BCUT2D eigenvalue weighted by molar-refractivity contribution is 7.99. The zero-order chi connectivity index (χ0) is 15.0. The van der Waals surface area contributed by atoms with Gasteiger partial charge in [-0.25, -0.2) is 13.6 Å². The molecule has 7 heteroatoms. The van der Waals surface area contributed by atoms with Crippen LogP contribution in [0.2, 0.25) is 0 Å². The number of thioether (sulfide) groups is 1. The minimum absolute atomic E-state index is 0.0618. The molecule has 0 radical (unpaired) electrons. The van der Waals surface area contributed by atoms with Crippen LogP contribution in [0.25, 0.3) is 0 Å². The Morgan fingerprint density at radius 2 is 2.05 bits per heavy atom. The molecule has 0 aliphatic heterocycles. The first-order chi connectivity index (χ1) is 9.47. The van der Waals surface area contributed by atoms with Gasteiger partial charge in [-0.1, -0.05) is 30.3 Å². The van der Waals surface area contributed by atoms with Crippen LogP contribution in [0.1, 0.15) is 12.0 Å². The van der Waals surface area contributed by atoms with E-state index in [2.05, 4.69) is 5.32 Å². The summed E-state index contributed by atoms with van der Waals surface area (Å²) in [6, 6.07) is 6.42. The summed E-state index contributed by atoms with van der Waals surface area (Å²) in [5.74, 6) is -4.33. The smallest absolute Gasteiger partial charge is 0.326 e. The van der Waals surface area contributed by atoms with Crippen molar-refractivity contribution >= 4 is 24.1 Å². The molecule has 0 heterocycles. The number of alkyl halides is 2. The van der Waals surface area contributed by atoms with Crippen molar-refractivity contribution in [1.82, 2.24) is 5.32 Å². The lowest BCUT2D eigenvalue weighted by molar-refractivity contribution is -0.140. The number of benzene rings is 1. The Balaban J connectivity index is 2.40. The molecule has 110 valence electrons. The molecule has 0 aromatic heterocycles. The number of rotatable bonds is 9. The maximum Gasteiger partial charge on any atom is 0.326 e. The lowest BCUT2D eigenvalue weighted by Gasteiger charge is -2.17. The Morgan fingerprint density at radius 3 is 2.60 bits per heavy atom. The van der Waals surface area contributed by atoms with Crippen molar-refractivity contribution < 1.29 is 23.5 Å². The Bertz CT molecular complexity index is 443. The highest BCUT2D eigenvalue weighted by Crippen LogP contribution is 2.31. The van der Waals surface area contributed by atoms with Crippen molar-refractivity contribution in [3.8, 4) is 0 Å². The van der Waals surface area contributed by atoms with Crippen LogP contribution in [-0.4, -0.2) is 35.0 Å². The maximum absolute atomic E-state index is 13.8. The van der Waals surface area contributed by atoms with E-state index in [4.69, 9.17) is 5.11 Å². The van der Waals surface area contributed by atoms with Gasteiger partial charge in [0.1, 0.15) is 6.04 Å². The third-order valence-electron chi connectivity index (χ3n) is 2.60. The second kappa shape index (κ2) is 7.84. The van der Waals surface area contributed by atoms with E-state index >= 15 is 0 Å². The summed E-state index contributed by atoms with van der Waals surface area (Å²) in [4.78, 5) is 20.9. The normalized spacial score (nSPS) is 12.7. The van der Waals surface area contributed by atoms with E-state index < -0.39 is 23.7 Å². The first-order valence-electron chi connectivity index (χ1n) is 5.91. The number of amides is 1. The van der Waals surface area contributed by atoms with Crippen LogP contribution in [0.3, 0.4) is 0 Å². The molecular weight excluding hydrogens is 288 g/mol. The predicted octanol–water partition coefficient (Wildman–Crippen LogP) is 2.10. The van der Waals surface area contributed by atoms with Crippen LogP contribution in [0.15, 0.2) is 30.3 Å². The molecule has 1 amide bonds. The summed E-state index contributed by atoms with van der Waals surface area (Å²) in [6.45, 7) is 0. The minimum Gasteiger partial charge on any atom is -0.480 e. The van der Waals surface area contributed by atoms with E-state index in [9.17, 15) is 18.4 Å². The van der Waals surface area contributed by atoms with Crippen LogP contribution in [0.4, 0.5) is 8.78 Å². The van der Waals surface area contributed by atoms with E-state index in [-0.39, 0.29) is 17.7 Å². The molecule has 0 aliphatic carbocycles. The van der Waals surface area contributed by atoms with Gasteiger partial charge in [0.05, 0.1) is 5.75 Å². The van der Waals surface area contributed by atoms with Crippen LogP contribution in [0, 0.1) is 0 Å². The van der Waals surface area contributed by atoms with Gasteiger partial charge in [0.25, 0.3) is 5.92 Å². The molecule has 0 saturated carbocycles. The summed E-state index contributed by atoms with van der Waals surface area (Å²) in [6.07, 6.45) is 0.394. The second-order valence-corrected chi connectivity index (χ2v) is 5.19. The SMILES string of the molecule is O=CNC(CCSCC(F)(F)c1ccccc1)C(=O)O. The Morgan fingerprint density at radius 1 is 1.40 bits per heavy atom. The number of carboxylic acids is 1. The average Bonchev–Trinajstić information content (AvgIpc) is 2.43. The largest absolute Gasteiger partial charge is 0.480 e. The highest BCUT2D eigenvalue weighted by Gasteiger charge is 2.31. The average molecular weight is 303 g/mol. The third-order valence-corrected chi connectivity index (χ3v) is 3.69. The van der Waals surface area contributed by atoms with Crippen molar-refractivity contribution in [2.75, 3.05) is 11.5 Å². The lowest BCUT2D eigenvalue weighted by atomic mass is 10.1. The molecule has 0 fully saturated rings. The van der Waals surface area contributed by atoms with Gasteiger partial charge in [-0.2, -0.15) is 11.8 Å². The summed E-state index contributed by atoms with van der Waals surface area (Å²) in [7, 11) is 0. The van der Waals surface area contributed by atoms with Crippen molar-refractivity contribution in [1.29, 1.82) is 0 Å². The van der Waals surface area contributed by atoms with Crippen molar-refractivity contribution in [2.45, 2.75) is 18.4 Å². The molecule has 1 rings (SSSR count). The van der Waals surface area contributed by atoms with Gasteiger partial charge < -0.3 is 10.4 Å². The molecule has 0 aliphatic rings. The summed E-state index contributed by atoms with van der Waals surface area (Å²) >= 11 is 0.957. The number of carbonyl (C=O) groups excluding carboxylic acids is 1. The topological polar surface area (TPSA) is 66.4 Å². The molecule has 0 bridgehead atoms. The number of carboxylic acid groups (broad SMARTS) is 1. The molecule has 0 spiro atoms. The summed E-state index contributed by atoms with van der Waals surface area (Å²) in [5, 5.41) is 10.9. The first-order valence-corrected chi connectivity index (χ1v) is 7.06. The first kappa shape index (κ1) is 16.4. The maximum atomic E-state index is 13.8. The van der Waals surface area contributed by atoms with E-state index in [1.165, 1.54) is 12.1 Å². The van der Waals surface area contributed by atoms with Gasteiger partial charge in [-0.05, 0) is 12.2 Å². The molecular formula is C13H15F2NO3S. The van der Waals surface area contributed by atoms with Gasteiger partial charge >= 0.3 is 5.97 Å². The summed E-state index contributed by atoms with van der Waals surface area (Å²) < 4.78 is 27.6. The lowest BCUT2D eigenvalue weighted by Crippen LogP contribution is -2.36. The molecule has 4 nitrogen and oxygen atoms in total. The van der Waals surface area contributed by atoms with E-state index in [1.807, 2.05) is 0 Å².